The van der Waals surface area contributed by atoms with Gasteiger partial charge in [-0.1, -0.05) is 0 Å². The lowest BCUT2D eigenvalue weighted by atomic mass is 10.1. The van der Waals surface area contributed by atoms with E-state index in [1.54, 1.807) is 6.07 Å². The summed E-state index contributed by atoms with van der Waals surface area (Å²) >= 11 is 1.99. The zero-order valence-corrected chi connectivity index (χ0v) is 12.3. The Morgan fingerprint density at radius 1 is 1.29 bits per heavy atom. The second kappa shape index (κ2) is 6.08. The molecule has 0 aliphatic heterocycles. The molecule has 6 nitrogen and oxygen atoms in total. The summed E-state index contributed by atoms with van der Waals surface area (Å²) in [5, 5.41) is 12.8. The number of carbonyl (C=O) groups is 1. The van der Waals surface area contributed by atoms with Crippen molar-refractivity contribution in [2.45, 2.75) is 0 Å². The number of carbonyl (C=O) groups excluding carboxylic acids is 1. The summed E-state index contributed by atoms with van der Waals surface area (Å²) < 4.78 is 28.2. The van der Waals surface area contributed by atoms with Crippen molar-refractivity contribution in [3.05, 3.63) is 61.3 Å². The maximum Gasteiger partial charge on any atom is 0.305 e. The van der Waals surface area contributed by atoms with Gasteiger partial charge >= 0.3 is 5.69 Å². The predicted octanol–water partition coefficient (Wildman–Crippen LogP) is 3.12. The van der Waals surface area contributed by atoms with Gasteiger partial charge < -0.3 is 5.32 Å². The van der Waals surface area contributed by atoms with E-state index in [1.807, 2.05) is 22.6 Å². The maximum absolute atomic E-state index is 13.8. The van der Waals surface area contributed by atoms with E-state index in [-0.39, 0.29) is 5.82 Å². The molecule has 0 atom stereocenters. The number of rotatable bonds is 3. The fourth-order valence-electron chi connectivity index (χ4n) is 1.52. The molecule has 2 aromatic rings. The van der Waals surface area contributed by atoms with Crippen LogP contribution in [0.2, 0.25) is 0 Å². The second-order valence-corrected chi connectivity index (χ2v) is 5.07. The first-order chi connectivity index (χ1) is 9.90. The Labute approximate surface area is 130 Å². The number of hydrogen-bond donors (Lipinski definition) is 1. The minimum absolute atomic E-state index is 0.0747. The Kier molecular flexibility index (Phi) is 4.40. The third kappa shape index (κ3) is 3.29. The lowest BCUT2D eigenvalue weighted by molar-refractivity contribution is -0.387. The van der Waals surface area contributed by atoms with E-state index in [2.05, 4.69) is 10.3 Å². The van der Waals surface area contributed by atoms with Crippen LogP contribution in [0.4, 0.5) is 20.3 Å². The van der Waals surface area contributed by atoms with Gasteiger partial charge in [0, 0.05) is 15.8 Å². The van der Waals surface area contributed by atoms with Gasteiger partial charge in [0.15, 0.2) is 0 Å². The predicted molar refractivity (Wildman–Crippen MR) is 77.9 cm³/mol. The molecule has 0 aliphatic carbocycles. The highest BCUT2D eigenvalue weighted by atomic mass is 127. The molecular weight excluding hydrogens is 399 g/mol. The van der Waals surface area contributed by atoms with Crippen molar-refractivity contribution >= 4 is 40.0 Å². The van der Waals surface area contributed by atoms with Crippen LogP contribution in [0, 0.1) is 25.3 Å². The van der Waals surface area contributed by atoms with Crippen LogP contribution in [0.15, 0.2) is 30.5 Å². The highest BCUT2D eigenvalue weighted by molar-refractivity contribution is 14.1. The van der Waals surface area contributed by atoms with Crippen molar-refractivity contribution in [1.82, 2.24) is 4.98 Å². The van der Waals surface area contributed by atoms with Crippen LogP contribution in [0.25, 0.3) is 0 Å². The van der Waals surface area contributed by atoms with Crippen LogP contribution < -0.4 is 5.32 Å². The van der Waals surface area contributed by atoms with Gasteiger partial charge in [0.1, 0.15) is 17.2 Å². The van der Waals surface area contributed by atoms with Gasteiger partial charge in [-0.3, -0.25) is 14.9 Å². The van der Waals surface area contributed by atoms with E-state index >= 15 is 0 Å². The van der Waals surface area contributed by atoms with Crippen molar-refractivity contribution in [1.29, 1.82) is 0 Å². The molecule has 21 heavy (non-hydrogen) atoms. The fraction of sp³-hybridized carbons (Fsp3) is 0. The largest absolute Gasteiger partial charge is 0.306 e. The van der Waals surface area contributed by atoms with Crippen LogP contribution in [0.1, 0.15) is 10.4 Å². The molecule has 1 aromatic heterocycles. The molecule has 9 heteroatoms. The van der Waals surface area contributed by atoms with Gasteiger partial charge in [-0.2, -0.15) is 4.39 Å². The van der Waals surface area contributed by atoms with Crippen LogP contribution in [-0.2, 0) is 0 Å². The van der Waals surface area contributed by atoms with E-state index in [1.165, 1.54) is 12.3 Å². The molecule has 0 spiro atoms. The quantitative estimate of drug-likeness (QED) is 0.483. The normalized spacial score (nSPS) is 10.2. The average Bonchev–Trinajstić information content (AvgIpc) is 2.41. The zero-order valence-electron chi connectivity index (χ0n) is 10.1. The number of hydrogen-bond acceptors (Lipinski definition) is 4. The number of nitro benzene ring substituents is 1. The first-order valence-electron chi connectivity index (χ1n) is 5.45. The standard InChI is InChI=1S/C12H6F2IN3O3/c13-7-2-3-8(18(20)21)11(14)10(7)12(19)17-9-4-1-6(15)5-16-9/h1-5H,(H,16,17,19). The van der Waals surface area contributed by atoms with Crippen molar-refractivity contribution in [2.24, 2.45) is 0 Å². The molecule has 1 N–H and O–H groups in total. The summed E-state index contributed by atoms with van der Waals surface area (Å²) in [6, 6.07) is 4.39. The van der Waals surface area contributed by atoms with Crippen LogP contribution in [-0.4, -0.2) is 15.8 Å². The Bertz CT molecular complexity index is 722. The Morgan fingerprint density at radius 2 is 2.00 bits per heavy atom. The fourth-order valence-corrected chi connectivity index (χ4v) is 1.84. The summed E-state index contributed by atoms with van der Waals surface area (Å²) in [7, 11) is 0. The summed E-state index contributed by atoms with van der Waals surface area (Å²) in [4.78, 5) is 25.3. The third-order valence-electron chi connectivity index (χ3n) is 2.46. The summed E-state index contributed by atoms with van der Waals surface area (Å²) in [5.74, 6) is -3.79. The molecule has 0 unspecified atom stereocenters. The minimum Gasteiger partial charge on any atom is -0.306 e. The van der Waals surface area contributed by atoms with E-state index in [9.17, 15) is 23.7 Å². The zero-order chi connectivity index (χ0) is 15.6. The molecule has 108 valence electrons. The lowest BCUT2D eigenvalue weighted by Gasteiger charge is -2.06. The number of pyridine rings is 1. The van der Waals surface area contributed by atoms with Crippen LogP contribution in [0.3, 0.4) is 0 Å². The van der Waals surface area contributed by atoms with Crippen LogP contribution in [0.5, 0.6) is 0 Å². The first-order valence-corrected chi connectivity index (χ1v) is 6.53. The molecule has 0 fully saturated rings. The Hall–Kier alpha value is -2.17. The van der Waals surface area contributed by atoms with E-state index in [0.29, 0.717) is 12.1 Å². The second-order valence-electron chi connectivity index (χ2n) is 3.83. The van der Waals surface area contributed by atoms with Crippen molar-refractivity contribution in [3.63, 3.8) is 0 Å². The highest BCUT2D eigenvalue weighted by Crippen LogP contribution is 2.23. The van der Waals surface area contributed by atoms with Crippen molar-refractivity contribution in [3.8, 4) is 0 Å². The minimum atomic E-state index is -1.52. The lowest BCUT2D eigenvalue weighted by Crippen LogP contribution is -2.17. The topological polar surface area (TPSA) is 85.1 Å². The average molecular weight is 405 g/mol. The number of benzene rings is 1. The number of halogens is 3. The molecule has 0 saturated heterocycles. The van der Waals surface area contributed by atoms with Gasteiger partial charge in [-0.05, 0) is 40.8 Å². The molecule has 0 saturated carbocycles. The molecule has 2 rings (SSSR count). The van der Waals surface area contributed by atoms with E-state index in [0.717, 1.165) is 3.57 Å². The third-order valence-corrected chi connectivity index (χ3v) is 3.10. The van der Waals surface area contributed by atoms with E-state index < -0.39 is 33.7 Å². The van der Waals surface area contributed by atoms with Gasteiger partial charge in [0.25, 0.3) is 5.91 Å². The summed E-state index contributed by atoms with van der Waals surface area (Å²) in [5.41, 5.74) is -2.00. The van der Waals surface area contributed by atoms with Crippen molar-refractivity contribution in [2.75, 3.05) is 5.32 Å². The molecular formula is C12H6F2IN3O3. The van der Waals surface area contributed by atoms with Gasteiger partial charge in [0.2, 0.25) is 5.82 Å². The monoisotopic (exact) mass is 405 g/mol. The molecule has 1 aromatic carbocycles. The number of aromatic nitrogens is 1. The van der Waals surface area contributed by atoms with Gasteiger partial charge in [-0.15, -0.1) is 0 Å². The van der Waals surface area contributed by atoms with Gasteiger partial charge in [0.05, 0.1) is 4.92 Å². The molecule has 1 heterocycles. The SMILES string of the molecule is O=C(Nc1ccc(I)cn1)c1c(F)ccc([N+](=O)[O-])c1F. The Morgan fingerprint density at radius 3 is 2.57 bits per heavy atom. The van der Waals surface area contributed by atoms with Crippen LogP contribution >= 0.6 is 22.6 Å². The number of nitrogens with zero attached hydrogens (tertiary/aromatic N) is 2. The number of nitro groups is 1. The molecule has 0 radical (unpaired) electrons. The van der Waals surface area contributed by atoms with Gasteiger partial charge in [-0.25, -0.2) is 9.37 Å². The summed E-state index contributed by atoms with van der Waals surface area (Å²) in [6.45, 7) is 0. The maximum atomic E-state index is 13.8. The number of nitrogens with one attached hydrogen (secondary N) is 1. The summed E-state index contributed by atoms with van der Waals surface area (Å²) in [6.07, 6.45) is 1.44. The van der Waals surface area contributed by atoms with Crippen molar-refractivity contribution < 1.29 is 18.5 Å². The molecule has 0 bridgehead atoms. The number of amides is 1. The first kappa shape index (κ1) is 15.2. The number of anilines is 1. The molecule has 0 aliphatic rings. The molecule has 1 amide bonds. The highest BCUT2D eigenvalue weighted by Gasteiger charge is 2.26. The van der Waals surface area contributed by atoms with E-state index in [4.69, 9.17) is 0 Å². The Balaban J connectivity index is 2.37. The smallest absolute Gasteiger partial charge is 0.305 e.